The Balaban J connectivity index is 1.94. The fourth-order valence-electron chi connectivity index (χ4n) is 2.21. The number of nitrogens with one attached hydrogen (secondary N) is 1. The van der Waals surface area contributed by atoms with Crippen molar-refractivity contribution in [1.29, 1.82) is 0 Å². The van der Waals surface area contributed by atoms with Gasteiger partial charge in [0, 0.05) is 18.0 Å². The number of benzene rings is 1. The van der Waals surface area contributed by atoms with E-state index in [-0.39, 0.29) is 5.56 Å². The third-order valence-corrected chi connectivity index (χ3v) is 3.47. The quantitative estimate of drug-likeness (QED) is 0.855. The normalized spacial score (nSPS) is 15.5. The number of aromatic nitrogens is 2. The molecule has 0 aliphatic heterocycles. The van der Waals surface area contributed by atoms with Gasteiger partial charge >= 0.3 is 0 Å². The van der Waals surface area contributed by atoms with Gasteiger partial charge in [-0.05, 0) is 24.3 Å². The SMILES string of the molecule is O=c1[nH]ccnc1-c1ccc(C2CCC2)cc1. The average molecular weight is 226 g/mol. The zero-order chi connectivity index (χ0) is 11.7. The largest absolute Gasteiger partial charge is 0.326 e. The van der Waals surface area contributed by atoms with Crippen LogP contribution in [0.15, 0.2) is 41.5 Å². The minimum Gasteiger partial charge on any atom is -0.326 e. The Morgan fingerprint density at radius 2 is 1.94 bits per heavy atom. The molecule has 0 spiro atoms. The smallest absolute Gasteiger partial charge is 0.274 e. The first-order valence-electron chi connectivity index (χ1n) is 5.98. The van der Waals surface area contributed by atoms with Crippen LogP contribution in [0.1, 0.15) is 30.7 Å². The molecule has 3 heteroatoms. The van der Waals surface area contributed by atoms with Crippen LogP contribution in [0.5, 0.6) is 0 Å². The van der Waals surface area contributed by atoms with Crippen molar-refractivity contribution in [3.8, 4) is 11.3 Å². The first kappa shape index (κ1) is 10.3. The molecule has 1 aliphatic carbocycles. The van der Waals surface area contributed by atoms with Crippen molar-refractivity contribution in [1.82, 2.24) is 9.97 Å². The predicted octanol–water partition coefficient (Wildman–Crippen LogP) is 2.70. The number of aromatic amines is 1. The molecule has 0 bridgehead atoms. The van der Waals surface area contributed by atoms with Gasteiger partial charge < -0.3 is 4.98 Å². The van der Waals surface area contributed by atoms with E-state index in [0.717, 1.165) is 11.5 Å². The lowest BCUT2D eigenvalue weighted by Gasteiger charge is -2.25. The van der Waals surface area contributed by atoms with Gasteiger partial charge in [-0.15, -0.1) is 0 Å². The van der Waals surface area contributed by atoms with Crippen molar-refractivity contribution >= 4 is 0 Å². The van der Waals surface area contributed by atoms with Crippen molar-refractivity contribution in [3.05, 3.63) is 52.6 Å². The van der Waals surface area contributed by atoms with E-state index in [9.17, 15) is 4.79 Å². The Kier molecular flexibility index (Phi) is 2.52. The molecule has 0 unspecified atom stereocenters. The summed E-state index contributed by atoms with van der Waals surface area (Å²) in [7, 11) is 0. The van der Waals surface area contributed by atoms with E-state index in [0.29, 0.717) is 5.69 Å². The third kappa shape index (κ3) is 1.88. The Morgan fingerprint density at radius 1 is 1.18 bits per heavy atom. The van der Waals surface area contributed by atoms with E-state index in [4.69, 9.17) is 0 Å². The van der Waals surface area contributed by atoms with Gasteiger partial charge in [-0.3, -0.25) is 4.79 Å². The number of nitrogens with zero attached hydrogens (tertiary/aromatic N) is 1. The molecule has 1 saturated carbocycles. The molecule has 2 aromatic rings. The van der Waals surface area contributed by atoms with E-state index >= 15 is 0 Å². The summed E-state index contributed by atoms with van der Waals surface area (Å²) in [5.41, 5.74) is 2.62. The molecule has 17 heavy (non-hydrogen) atoms. The van der Waals surface area contributed by atoms with E-state index in [1.165, 1.54) is 24.8 Å². The second kappa shape index (κ2) is 4.17. The molecule has 1 fully saturated rings. The third-order valence-electron chi connectivity index (χ3n) is 3.47. The van der Waals surface area contributed by atoms with Gasteiger partial charge in [0.15, 0.2) is 0 Å². The maximum Gasteiger partial charge on any atom is 0.274 e. The molecule has 1 heterocycles. The van der Waals surface area contributed by atoms with E-state index in [1.54, 1.807) is 12.4 Å². The summed E-state index contributed by atoms with van der Waals surface area (Å²) in [5, 5.41) is 0. The molecular weight excluding hydrogens is 212 g/mol. The maximum atomic E-state index is 11.6. The number of H-pyrrole nitrogens is 1. The fraction of sp³-hybridized carbons (Fsp3) is 0.286. The lowest BCUT2D eigenvalue weighted by Crippen LogP contribution is -2.10. The minimum absolute atomic E-state index is 0.135. The zero-order valence-electron chi connectivity index (χ0n) is 9.52. The lowest BCUT2D eigenvalue weighted by molar-refractivity contribution is 0.420. The summed E-state index contributed by atoms with van der Waals surface area (Å²) in [6, 6.07) is 8.22. The average Bonchev–Trinajstić information content (AvgIpc) is 2.29. The summed E-state index contributed by atoms with van der Waals surface area (Å²) in [4.78, 5) is 18.3. The van der Waals surface area contributed by atoms with E-state index in [2.05, 4.69) is 22.1 Å². The monoisotopic (exact) mass is 226 g/mol. The molecule has 1 aromatic heterocycles. The molecule has 3 rings (SSSR count). The molecule has 0 amide bonds. The van der Waals surface area contributed by atoms with Crippen molar-refractivity contribution in [2.24, 2.45) is 0 Å². The van der Waals surface area contributed by atoms with Crippen LogP contribution in [0.4, 0.5) is 0 Å². The topological polar surface area (TPSA) is 45.8 Å². The van der Waals surface area contributed by atoms with Crippen molar-refractivity contribution in [2.45, 2.75) is 25.2 Å². The minimum atomic E-state index is -0.135. The number of hydrogen-bond acceptors (Lipinski definition) is 2. The highest BCUT2D eigenvalue weighted by molar-refractivity contribution is 5.58. The first-order valence-corrected chi connectivity index (χ1v) is 5.98. The highest BCUT2D eigenvalue weighted by atomic mass is 16.1. The predicted molar refractivity (Wildman–Crippen MR) is 66.9 cm³/mol. The summed E-state index contributed by atoms with van der Waals surface area (Å²) in [5.74, 6) is 0.728. The second-order valence-corrected chi connectivity index (χ2v) is 4.52. The molecular formula is C14H14N2O. The van der Waals surface area contributed by atoms with E-state index < -0.39 is 0 Å². The molecule has 0 saturated heterocycles. The number of rotatable bonds is 2. The zero-order valence-corrected chi connectivity index (χ0v) is 9.52. The van der Waals surface area contributed by atoms with Gasteiger partial charge in [-0.25, -0.2) is 4.98 Å². The van der Waals surface area contributed by atoms with Crippen LogP contribution in [0, 0.1) is 0 Å². The Labute approximate surface area is 99.5 Å². The van der Waals surface area contributed by atoms with Crippen LogP contribution in [0.3, 0.4) is 0 Å². The van der Waals surface area contributed by atoms with Crippen LogP contribution in [0.2, 0.25) is 0 Å². The molecule has 0 atom stereocenters. The first-order chi connectivity index (χ1) is 8.34. The highest BCUT2D eigenvalue weighted by Crippen LogP contribution is 2.36. The summed E-state index contributed by atoms with van der Waals surface area (Å²) < 4.78 is 0. The van der Waals surface area contributed by atoms with Gasteiger partial charge in [0.2, 0.25) is 0 Å². The van der Waals surface area contributed by atoms with Gasteiger partial charge in [-0.2, -0.15) is 0 Å². The summed E-state index contributed by atoms with van der Waals surface area (Å²) >= 11 is 0. The molecule has 1 N–H and O–H groups in total. The molecule has 3 nitrogen and oxygen atoms in total. The van der Waals surface area contributed by atoms with Gasteiger partial charge in [0.25, 0.3) is 5.56 Å². The van der Waals surface area contributed by atoms with Gasteiger partial charge in [0.05, 0.1) is 0 Å². The molecule has 86 valence electrons. The van der Waals surface area contributed by atoms with Crippen LogP contribution < -0.4 is 5.56 Å². The standard InChI is InChI=1S/C14H14N2O/c17-14-13(15-8-9-16-14)12-6-4-11(5-7-12)10-2-1-3-10/h4-10H,1-3H2,(H,16,17). The van der Waals surface area contributed by atoms with E-state index in [1.807, 2.05) is 12.1 Å². The van der Waals surface area contributed by atoms with Crippen LogP contribution in [0.25, 0.3) is 11.3 Å². The van der Waals surface area contributed by atoms with Gasteiger partial charge in [-0.1, -0.05) is 30.7 Å². The lowest BCUT2D eigenvalue weighted by atomic mass is 9.80. The van der Waals surface area contributed by atoms with Crippen molar-refractivity contribution in [2.75, 3.05) is 0 Å². The Bertz CT molecular complexity index is 567. The van der Waals surface area contributed by atoms with Crippen LogP contribution in [-0.2, 0) is 0 Å². The van der Waals surface area contributed by atoms with Crippen molar-refractivity contribution < 1.29 is 0 Å². The maximum absolute atomic E-state index is 11.6. The molecule has 0 radical (unpaired) electrons. The number of hydrogen-bond donors (Lipinski definition) is 1. The molecule has 1 aromatic carbocycles. The Morgan fingerprint density at radius 3 is 2.53 bits per heavy atom. The highest BCUT2D eigenvalue weighted by Gasteiger charge is 2.19. The fourth-order valence-corrected chi connectivity index (χ4v) is 2.21. The van der Waals surface area contributed by atoms with Crippen LogP contribution >= 0.6 is 0 Å². The van der Waals surface area contributed by atoms with Gasteiger partial charge in [0.1, 0.15) is 5.69 Å². The van der Waals surface area contributed by atoms with Crippen molar-refractivity contribution in [3.63, 3.8) is 0 Å². The summed E-state index contributed by atoms with van der Waals surface area (Å²) in [6.45, 7) is 0. The Hall–Kier alpha value is -1.90. The summed E-state index contributed by atoms with van der Waals surface area (Å²) in [6.07, 6.45) is 7.09. The second-order valence-electron chi connectivity index (χ2n) is 4.52. The van der Waals surface area contributed by atoms with Crippen LogP contribution in [-0.4, -0.2) is 9.97 Å². The molecule has 1 aliphatic rings.